The number of rotatable bonds is 5. The molecular weight excluding hydrogens is 775 g/mol. The lowest BCUT2D eigenvalue weighted by molar-refractivity contribution is -0.147. The molecule has 0 radical (unpaired) electrons. The Kier molecular flexibility index (Phi) is 12.2. The summed E-state index contributed by atoms with van der Waals surface area (Å²) in [5, 5.41) is 14.8. The van der Waals surface area contributed by atoms with Gasteiger partial charge >= 0.3 is 0 Å². The Labute approximate surface area is 346 Å². The molecule has 6 atom stereocenters. The monoisotopic (exact) mass is 827 g/mol. The fourth-order valence-electron chi connectivity index (χ4n) is 8.21. The number of amides is 6. The van der Waals surface area contributed by atoms with E-state index in [0.29, 0.717) is 43.8 Å². The molecule has 0 saturated carbocycles. The van der Waals surface area contributed by atoms with Crippen LogP contribution in [0.5, 0.6) is 0 Å². The Balaban J connectivity index is 1.25. The van der Waals surface area contributed by atoms with Crippen molar-refractivity contribution in [2.75, 3.05) is 13.1 Å². The lowest BCUT2D eigenvalue weighted by Gasteiger charge is -2.34. The molecule has 4 bridgehead atoms. The molecule has 6 unspecified atom stereocenters. The van der Waals surface area contributed by atoms with Crippen molar-refractivity contribution in [3.63, 3.8) is 0 Å². The average Bonchev–Trinajstić information content (AvgIpc) is 4.05. The van der Waals surface area contributed by atoms with E-state index in [-0.39, 0.29) is 53.3 Å². The van der Waals surface area contributed by atoms with Gasteiger partial charge < -0.3 is 40.5 Å². The van der Waals surface area contributed by atoms with Gasteiger partial charge in [0.1, 0.15) is 47.2 Å². The predicted molar refractivity (Wildman–Crippen MR) is 219 cm³/mol. The van der Waals surface area contributed by atoms with Gasteiger partial charge in [0.05, 0.1) is 6.04 Å². The zero-order valence-electron chi connectivity index (χ0n) is 34.2. The number of carbonyl (C=O) groups excluding carboxylic acids is 6. The number of hydrogen-bond acceptors (Lipinski definition) is 10. The fourth-order valence-corrected chi connectivity index (χ4v) is 9.06. The topological polar surface area (TPSA) is 212 Å². The number of fused-ring (bicyclic) bond motifs is 7. The first-order valence-corrected chi connectivity index (χ1v) is 21.4. The van der Waals surface area contributed by atoms with Crippen molar-refractivity contribution in [1.82, 2.24) is 46.0 Å². The molecular formula is C42H53N9O7S. The molecule has 314 valence electrons. The summed E-state index contributed by atoms with van der Waals surface area (Å²) in [5.74, 6) is -3.52. The smallest absolute Gasteiger partial charge is 0.273 e. The van der Waals surface area contributed by atoms with E-state index in [1.165, 1.54) is 17.6 Å². The second-order valence-corrected chi connectivity index (χ2v) is 17.7. The molecule has 17 heteroatoms. The lowest BCUT2D eigenvalue weighted by Crippen LogP contribution is -2.57. The van der Waals surface area contributed by atoms with Crippen LogP contribution in [0.25, 0.3) is 10.9 Å². The maximum atomic E-state index is 14.3. The lowest BCUT2D eigenvalue weighted by atomic mass is 10.0. The number of benzene rings is 1. The molecule has 3 aromatic heterocycles. The largest absolute Gasteiger partial charge is 0.446 e. The molecule has 6 amide bonds. The number of H-pyrrole nitrogens is 1. The van der Waals surface area contributed by atoms with Crippen LogP contribution in [0, 0.1) is 17.8 Å². The highest BCUT2D eigenvalue weighted by molar-refractivity contribution is 7.09. The van der Waals surface area contributed by atoms with Gasteiger partial charge in [-0.2, -0.15) is 0 Å². The van der Waals surface area contributed by atoms with E-state index in [9.17, 15) is 28.8 Å². The van der Waals surface area contributed by atoms with E-state index in [4.69, 9.17) is 9.40 Å². The molecule has 1 aromatic carbocycles. The molecule has 2 saturated heterocycles. The normalized spacial score (nSPS) is 25.2. The number of oxazole rings is 1. The van der Waals surface area contributed by atoms with Crippen molar-refractivity contribution >= 4 is 57.7 Å². The highest BCUT2D eigenvalue weighted by Crippen LogP contribution is 2.30. The van der Waals surface area contributed by atoms with Crippen molar-refractivity contribution in [2.24, 2.45) is 17.8 Å². The van der Waals surface area contributed by atoms with Crippen LogP contribution in [0.1, 0.15) is 117 Å². The molecule has 7 rings (SSSR count). The van der Waals surface area contributed by atoms with Gasteiger partial charge in [-0.1, -0.05) is 59.7 Å². The Morgan fingerprint density at radius 2 is 1.37 bits per heavy atom. The first-order valence-electron chi connectivity index (χ1n) is 20.5. The number of nitrogens with zero attached hydrogens (tertiary/aromatic N) is 4. The van der Waals surface area contributed by atoms with E-state index in [0.717, 1.165) is 16.6 Å². The van der Waals surface area contributed by atoms with Crippen LogP contribution in [0.2, 0.25) is 0 Å². The van der Waals surface area contributed by atoms with E-state index in [2.05, 4.69) is 31.2 Å². The van der Waals surface area contributed by atoms with E-state index < -0.39 is 59.9 Å². The molecule has 2 fully saturated rings. The van der Waals surface area contributed by atoms with Crippen molar-refractivity contribution < 1.29 is 33.2 Å². The zero-order chi connectivity index (χ0) is 42.1. The number of thiazole rings is 1. The predicted octanol–water partition coefficient (Wildman–Crippen LogP) is 4.03. The molecule has 16 nitrogen and oxygen atoms in total. The van der Waals surface area contributed by atoms with Crippen LogP contribution >= 0.6 is 11.3 Å². The first kappa shape index (κ1) is 41.6. The van der Waals surface area contributed by atoms with Crippen LogP contribution in [0.15, 0.2) is 46.4 Å². The van der Waals surface area contributed by atoms with E-state index in [1.807, 2.05) is 71.9 Å². The maximum Gasteiger partial charge on any atom is 0.273 e. The maximum absolute atomic E-state index is 14.3. The number of carbonyl (C=O) groups is 6. The summed E-state index contributed by atoms with van der Waals surface area (Å²) in [6.07, 6.45) is 3.55. The van der Waals surface area contributed by atoms with Gasteiger partial charge in [-0.3, -0.25) is 28.8 Å². The number of aromatic nitrogens is 3. The summed E-state index contributed by atoms with van der Waals surface area (Å²) in [6, 6.07) is 4.81. The SMILES string of the molecule is CC(C)C1NC(=O)c2coc(n2)C(C(C)C)NC(=O)C2CCCN2C(=O)C2CCCN2C(=O)C(C(C)C)NC(=O)c2csc(n2)C(Cc2cc3ccccc3[nH]2)NC1=O. The van der Waals surface area contributed by atoms with Crippen LogP contribution in [-0.4, -0.2) is 97.5 Å². The molecule has 3 aliphatic rings. The Hall–Kier alpha value is -5.58. The molecule has 5 N–H and O–H groups in total. The summed E-state index contributed by atoms with van der Waals surface area (Å²) in [5.41, 5.74) is 1.74. The highest BCUT2D eigenvalue weighted by Gasteiger charge is 2.45. The van der Waals surface area contributed by atoms with Gasteiger partial charge in [0.15, 0.2) is 5.69 Å². The van der Waals surface area contributed by atoms with Crippen LogP contribution in [-0.2, 0) is 25.6 Å². The first-order chi connectivity index (χ1) is 28.2. The van der Waals surface area contributed by atoms with Gasteiger partial charge in [-0.25, -0.2) is 9.97 Å². The van der Waals surface area contributed by atoms with Gasteiger partial charge in [-0.15, -0.1) is 11.3 Å². The second kappa shape index (κ2) is 17.3. The third kappa shape index (κ3) is 8.75. The molecule has 0 aliphatic carbocycles. The summed E-state index contributed by atoms with van der Waals surface area (Å²) < 4.78 is 5.79. The average molecular weight is 828 g/mol. The van der Waals surface area contributed by atoms with E-state index in [1.54, 1.807) is 15.2 Å². The Bertz CT molecular complexity index is 2190. The van der Waals surface area contributed by atoms with Crippen LogP contribution in [0.4, 0.5) is 0 Å². The van der Waals surface area contributed by atoms with Crippen molar-refractivity contribution in [2.45, 2.75) is 110 Å². The summed E-state index contributed by atoms with van der Waals surface area (Å²) in [7, 11) is 0. The number of aromatic amines is 1. The summed E-state index contributed by atoms with van der Waals surface area (Å²) >= 11 is 1.20. The number of nitrogens with one attached hydrogen (secondary N) is 5. The fraction of sp³-hybridized carbons (Fsp3) is 0.524. The van der Waals surface area contributed by atoms with Gasteiger partial charge in [0.25, 0.3) is 11.8 Å². The minimum absolute atomic E-state index is 0.0682. The third-order valence-electron chi connectivity index (χ3n) is 11.5. The van der Waals surface area contributed by atoms with Crippen molar-refractivity contribution in [3.05, 3.63) is 70.0 Å². The van der Waals surface area contributed by atoms with Crippen LogP contribution < -0.4 is 21.3 Å². The van der Waals surface area contributed by atoms with Crippen LogP contribution in [0.3, 0.4) is 0 Å². The molecule has 3 aliphatic heterocycles. The van der Waals surface area contributed by atoms with Crippen molar-refractivity contribution in [3.8, 4) is 0 Å². The van der Waals surface area contributed by atoms with Gasteiger partial charge in [-0.05, 0) is 61.0 Å². The molecule has 4 aromatic rings. The Morgan fingerprint density at radius 3 is 2.07 bits per heavy atom. The number of hydrogen-bond donors (Lipinski definition) is 5. The highest BCUT2D eigenvalue weighted by atomic mass is 32.1. The minimum Gasteiger partial charge on any atom is -0.446 e. The minimum atomic E-state index is -1.00. The second-order valence-electron chi connectivity index (χ2n) is 16.8. The number of para-hydroxylation sites is 1. The zero-order valence-corrected chi connectivity index (χ0v) is 35.1. The van der Waals surface area contributed by atoms with E-state index >= 15 is 0 Å². The summed E-state index contributed by atoms with van der Waals surface area (Å²) in [6.45, 7) is 11.7. The molecule has 59 heavy (non-hydrogen) atoms. The summed E-state index contributed by atoms with van der Waals surface area (Å²) in [4.78, 5) is 99.9. The Morgan fingerprint density at radius 1 is 0.729 bits per heavy atom. The standard InChI is InChI=1S/C42H53N9O7S/c1-21(2)32-38(55)44-27(18-25-17-24-11-7-8-12-26(24)43-25)40-46-29(20-59-40)36(53)49-34(23(5)6)42(57)51-16-10-14-31(51)41(56)50-15-9-13-30(50)37(54)48-33(22(3)4)39-45-28(19-58-39)35(52)47-32/h7-8,11-12,17,19-23,27,30-34,43H,9-10,13-16,18H2,1-6H3,(H,44,55)(H,47,52)(H,48,54)(H,49,53). The quantitative estimate of drug-likeness (QED) is 0.196. The van der Waals surface area contributed by atoms with Gasteiger partial charge in [0.2, 0.25) is 29.5 Å². The third-order valence-corrected chi connectivity index (χ3v) is 12.4. The van der Waals surface area contributed by atoms with Crippen molar-refractivity contribution in [1.29, 1.82) is 0 Å². The molecule has 0 spiro atoms. The molecule has 6 heterocycles. The van der Waals surface area contributed by atoms with Gasteiger partial charge in [0, 0.05) is 36.1 Å².